The molecule has 2 amide bonds. The predicted octanol–water partition coefficient (Wildman–Crippen LogP) is 4.99. The number of carbonyl (C=O) groups is 2. The predicted molar refractivity (Wildman–Crippen MR) is 133 cm³/mol. The summed E-state index contributed by atoms with van der Waals surface area (Å²) in [6, 6.07) is 7.59. The molecule has 0 aliphatic carbocycles. The largest absolute Gasteiger partial charge is 0.341 e. The minimum atomic E-state index is -0.0567. The Morgan fingerprint density at radius 2 is 1.72 bits per heavy atom. The Morgan fingerprint density at radius 1 is 1.06 bits per heavy atom. The van der Waals surface area contributed by atoms with E-state index in [1.807, 2.05) is 36.1 Å². The molecule has 174 valence electrons. The summed E-state index contributed by atoms with van der Waals surface area (Å²) in [5.74, 6) is 1.58. The first-order chi connectivity index (χ1) is 15.4. The van der Waals surface area contributed by atoms with Crippen LogP contribution in [0.25, 0.3) is 10.1 Å². The second-order valence-corrected chi connectivity index (χ2v) is 10.9. The Morgan fingerprint density at radius 3 is 2.38 bits per heavy atom. The lowest BCUT2D eigenvalue weighted by Crippen LogP contribution is -2.47. The summed E-state index contributed by atoms with van der Waals surface area (Å²) in [5.41, 5.74) is 0. The van der Waals surface area contributed by atoms with Crippen molar-refractivity contribution in [2.75, 3.05) is 46.3 Å². The highest BCUT2D eigenvalue weighted by atomic mass is 35.5. The van der Waals surface area contributed by atoms with Crippen molar-refractivity contribution < 1.29 is 9.59 Å². The normalized spacial score (nSPS) is 18.9. The van der Waals surface area contributed by atoms with Gasteiger partial charge >= 0.3 is 0 Å². The highest BCUT2D eigenvalue weighted by molar-refractivity contribution is 7.20. The van der Waals surface area contributed by atoms with E-state index in [9.17, 15) is 9.59 Å². The van der Waals surface area contributed by atoms with Gasteiger partial charge in [-0.15, -0.1) is 11.3 Å². The van der Waals surface area contributed by atoms with Crippen molar-refractivity contribution >= 4 is 44.8 Å². The topological polar surface area (TPSA) is 43.9 Å². The van der Waals surface area contributed by atoms with Gasteiger partial charge in [0.05, 0.1) is 4.88 Å². The van der Waals surface area contributed by atoms with Crippen molar-refractivity contribution in [3.8, 4) is 0 Å². The van der Waals surface area contributed by atoms with Gasteiger partial charge in [0.15, 0.2) is 0 Å². The average molecular weight is 476 g/mol. The Hall–Kier alpha value is -1.63. The van der Waals surface area contributed by atoms with Gasteiger partial charge in [0.1, 0.15) is 6.54 Å². The van der Waals surface area contributed by atoms with Crippen LogP contribution in [0.4, 0.5) is 0 Å². The number of piperidine rings is 2. The minimum absolute atomic E-state index is 0.0567. The number of halogens is 1. The molecular weight excluding hydrogens is 442 g/mol. The lowest BCUT2D eigenvalue weighted by molar-refractivity contribution is -0.133. The zero-order valence-corrected chi connectivity index (χ0v) is 20.8. The smallest absolute Gasteiger partial charge is 0.264 e. The first kappa shape index (κ1) is 23.5. The standard InChI is InChI=1S/C25H34ClN3O2S/c1-3-10-29(25(31)23-15-20-4-5-21(26)16-22(20)32-23)17-24(30)28-13-8-19(9-14-28)18-6-11-27(2)12-7-18/h4-5,15-16,18-19H,3,6-14,17H2,1-2H3. The van der Waals surface area contributed by atoms with Crippen molar-refractivity contribution in [3.05, 3.63) is 34.2 Å². The van der Waals surface area contributed by atoms with E-state index in [0.717, 1.165) is 54.3 Å². The molecule has 4 rings (SSSR count). The summed E-state index contributed by atoms with van der Waals surface area (Å²) < 4.78 is 1.000. The van der Waals surface area contributed by atoms with Gasteiger partial charge in [-0.25, -0.2) is 0 Å². The molecule has 0 atom stereocenters. The third-order valence-electron chi connectivity index (χ3n) is 7.12. The lowest BCUT2D eigenvalue weighted by Gasteiger charge is -2.39. The summed E-state index contributed by atoms with van der Waals surface area (Å²) in [4.78, 5) is 33.1. The molecule has 0 N–H and O–H groups in total. The van der Waals surface area contributed by atoms with Crippen LogP contribution in [-0.2, 0) is 4.79 Å². The fraction of sp³-hybridized carbons (Fsp3) is 0.600. The number of benzene rings is 1. The molecular formula is C25H34ClN3O2S. The minimum Gasteiger partial charge on any atom is -0.341 e. The van der Waals surface area contributed by atoms with E-state index in [1.165, 1.54) is 37.3 Å². The summed E-state index contributed by atoms with van der Waals surface area (Å²) >= 11 is 7.55. The number of likely N-dealkylation sites (tertiary alicyclic amines) is 2. The molecule has 5 nitrogen and oxygen atoms in total. The van der Waals surface area contributed by atoms with Crippen LogP contribution in [0.3, 0.4) is 0 Å². The highest BCUT2D eigenvalue weighted by Gasteiger charge is 2.31. The number of carbonyl (C=O) groups excluding carboxylic acids is 2. The SMILES string of the molecule is CCCN(CC(=O)N1CCC(C2CCN(C)CC2)CC1)C(=O)c1cc2ccc(Cl)cc2s1. The third-order valence-corrected chi connectivity index (χ3v) is 8.44. The van der Waals surface area contributed by atoms with Crippen LogP contribution in [-0.4, -0.2) is 72.8 Å². The van der Waals surface area contributed by atoms with Crippen molar-refractivity contribution in [1.29, 1.82) is 0 Å². The molecule has 3 heterocycles. The average Bonchev–Trinajstić information content (AvgIpc) is 3.22. The summed E-state index contributed by atoms with van der Waals surface area (Å²) in [7, 11) is 2.20. The zero-order valence-electron chi connectivity index (χ0n) is 19.2. The summed E-state index contributed by atoms with van der Waals surface area (Å²) in [6.07, 6.45) is 5.59. The van der Waals surface area contributed by atoms with E-state index in [1.54, 1.807) is 4.90 Å². The molecule has 2 aliphatic rings. The summed E-state index contributed by atoms with van der Waals surface area (Å²) in [6.45, 7) is 6.84. The lowest BCUT2D eigenvalue weighted by atomic mass is 9.79. The molecule has 32 heavy (non-hydrogen) atoms. The van der Waals surface area contributed by atoms with Gasteiger partial charge < -0.3 is 14.7 Å². The number of hydrogen-bond acceptors (Lipinski definition) is 4. The zero-order chi connectivity index (χ0) is 22.7. The van der Waals surface area contributed by atoms with Gasteiger partial charge in [-0.3, -0.25) is 9.59 Å². The van der Waals surface area contributed by atoms with E-state index in [2.05, 4.69) is 11.9 Å². The van der Waals surface area contributed by atoms with Crippen LogP contribution in [0.2, 0.25) is 5.02 Å². The maximum Gasteiger partial charge on any atom is 0.264 e. The highest BCUT2D eigenvalue weighted by Crippen LogP contribution is 2.32. The molecule has 2 aliphatic heterocycles. The van der Waals surface area contributed by atoms with E-state index in [-0.39, 0.29) is 18.4 Å². The van der Waals surface area contributed by atoms with Gasteiger partial charge in [0.2, 0.25) is 5.91 Å². The maximum absolute atomic E-state index is 13.2. The Kier molecular flexibility index (Phi) is 7.74. The molecule has 1 aromatic carbocycles. The van der Waals surface area contributed by atoms with Crippen molar-refractivity contribution in [2.24, 2.45) is 11.8 Å². The van der Waals surface area contributed by atoms with E-state index >= 15 is 0 Å². The molecule has 1 aromatic heterocycles. The molecule has 2 saturated heterocycles. The van der Waals surface area contributed by atoms with Crippen LogP contribution >= 0.6 is 22.9 Å². The number of rotatable bonds is 6. The molecule has 0 bridgehead atoms. The molecule has 7 heteroatoms. The molecule has 2 fully saturated rings. The number of hydrogen-bond donors (Lipinski definition) is 0. The van der Waals surface area contributed by atoms with Crippen molar-refractivity contribution in [1.82, 2.24) is 14.7 Å². The number of thiophene rings is 1. The second-order valence-electron chi connectivity index (χ2n) is 9.38. The molecule has 0 saturated carbocycles. The molecule has 0 spiro atoms. The second kappa shape index (κ2) is 10.5. The van der Waals surface area contributed by atoms with Gasteiger partial charge in [-0.05, 0) is 87.7 Å². The van der Waals surface area contributed by atoms with E-state index in [0.29, 0.717) is 16.4 Å². The van der Waals surface area contributed by atoms with Crippen molar-refractivity contribution in [3.63, 3.8) is 0 Å². The number of nitrogens with zero attached hydrogens (tertiary/aromatic N) is 3. The van der Waals surface area contributed by atoms with Gasteiger partial charge in [0, 0.05) is 29.4 Å². The van der Waals surface area contributed by atoms with Crippen LogP contribution < -0.4 is 0 Å². The third kappa shape index (κ3) is 5.46. The monoisotopic (exact) mass is 475 g/mol. The van der Waals surface area contributed by atoms with Gasteiger partial charge in [0.25, 0.3) is 5.91 Å². The number of amides is 2. The van der Waals surface area contributed by atoms with Crippen LogP contribution in [0.1, 0.15) is 48.7 Å². The Balaban J connectivity index is 1.35. The summed E-state index contributed by atoms with van der Waals surface area (Å²) in [5, 5.41) is 1.68. The fourth-order valence-electron chi connectivity index (χ4n) is 5.17. The van der Waals surface area contributed by atoms with Gasteiger partial charge in [-0.2, -0.15) is 0 Å². The first-order valence-electron chi connectivity index (χ1n) is 11.9. The van der Waals surface area contributed by atoms with Crippen LogP contribution in [0.15, 0.2) is 24.3 Å². The molecule has 0 unspecified atom stereocenters. The van der Waals surface area contributed by atoms with Gasteiger partial charge in [-0.1, -0.05) is 24.6 Å². The van der Waals surface area contributed by atoms with Crippen molar-refractivity contribution in [2.45, 2.75) is 39.0 Å². The van der Waals surface area contributed by atoms with E-state index in [4.69, 9.17) is 11.6 Å². The molecule has 2 aromatic rings. The number of fused-ring (bicyclic) bond motifs is 1. The van der Waals surface area contributed by atoms with Crippen LogP contribution in [0.5, 0.6) is 0 Å². The fourth-order valence-corrected chi connectivity index (χ4v) is 6.48. The Labute approximate surface area is 200 Å². The van der Waals surface area contributed by atoms with Crippen LogP contribution in [0, 0.1) is 11.8 Å². The maximum atomic E-state index is 13.2. The Bertz CT molecular complexity index is 946. The molecule has 0 radical (unpaired) electrons. The quantitative estimate of drug-likeness (QED) is 0.591. The van der Waals surface area contributed by atoms with E-state index < -0.39 is 0 Å². The first-order valence-corrected chi connectivity index (χ1v) is 13.1.